The molecule has 3 nitrogen and oxygen atoms in total. The van der Waals surface area contributed by atoms with E-state index in [1.807, 2.05) is 20.8 Å². The van der Waals surface area contributed by atoms with Crippen molar-refractivity contribution in [2.45, 2.75) is 33.2 Å². The molecular weight excluding hydrogens is 142 g/mol. The summed E-state index contributed by atoms with van der Waals surface area (Å²) >= 11 is 0. The van der Waals surface area contributed by atoms with E-state index in [0.29, 0.717) is 5.70 Å². The van der Waals surface area contributed by atoms with E-state index in [1.165, 1.54) is 0 Å². The van der Waals surface area contributed by atoms with Crippen LogP contribution in [0.15, 0.2) is 11.8 Å². The molecule has 0 spiro atoms. The van der Waals surface area contributed by atoms with Crippen LogP contribution in [-0.4, -0.2) is 16.6 Å². The van der Waals surface area contributed by atoms with Gasteiger partial charge in [0.25, 0.3) is 0 Å². The normalized spacial score (nSPS) is 12.9. The van der Waals surface area contributed by atoms with Gasteiger partial charge in [0.15, 0.2) is 0 Å². The molecule has 0 aromatic carbocycles. The van der Waals surface area contributed by atoms with Gasteiger partial charge in [0.05, 0.1) is 0 Å². The fourth-order valence-electron chi connectivity index (χ4n) is 0.813. The third kappa shape index (κ3) is 6.90. The van der Waals surface area contributed by atoms with E-state index in [2.05, 4.69) is 5.32 Å². The Hall–Kier alpha value is -0.990. The molecule has 0 aliphatic rings. The van der Waals surface area contributed by atoms with E-state index in [9.17, 15) is 4.79 Å². The molecular formula is C8H15NO2. The van der Waals surface area contributed by atoms with Gasteiger partial charge in [-0.1, -0.05) is 0 Å². The van der Waals surface area contributed by atoms with E-state index in [4.69, 9.17) is 5.11 Å². The van der Waals surface area contributed by atoms with Crippen molar-refractivity contribution in [3.63, 3.8) is 0 Å². The van der Waals surface area contributed by atoms with Crippen molar-refractivity contribution in [3.05, 3.63) is 11.8 Å². The lowest BCUT2D eigenvalue weighted by Crippen LogP contribution is -2.34. The molecule has 0 amide bonds. The lowest BCUT2D eigenvalue weighted by atomic mass is 10.1. The molecule has 0 unspecified atom stereocenters. The first-order valence-corrected chi connectivity index (χ1v) is 3.51. The molecule has 64 valence electrons. The van der Waals surface area contributed by atoms with Crippen LogP contribution in [-0.2, 0) is 4.79 Å². The lowest BCUT2D eigenvalue weighted by molar-refractivity contribution is -0.131. The number of carbonyl (C=O) groups is 1. The molecule has 0 bridgehead atoms. The number of carboxylic acid groups (broad SMARTS) is 1. The van der Waals surface area contributed by atoms with Gasteiger partial charge in [-0.15, -0.1) is 0 Å². The van der Waals surface area contributed by atoms with E-state index in [-0.39, 0.29) is 5.54 Å². The molecule has 2 N–H and O–H groups in total. The Labute approximate surface area is 67.1 Å². The summed E-state index contributed by atoms with van der Waals surface area (Å²) < 4.78 is 0. The van der Waals surface area contributed by atoms with E-state index in [0.717, 1.165) is 6.08 Å². The van der Waals surface area contributed by atoms with Crippen LogP contribution >= 0.6 is 0 Å². The summed E-state index contributed by atoms with van der Waals surface area (Å²) in [5.41, 5.74) is 0.598. The average Bonchev–Trinajstić information content (AvgIpc) is 1.53. The van der Waals surface area contributed by atoms with Crippen LogP contribution in [0.2, 0.25) is 0 Å². The lowest BCUT2D eigenvalue weighted by Gasteiger charge is -2.21. The zero-order valence-corrected chi connectivity index (χ0v) is 7.43. The highest BCUT2D eigenvalue weighted by Crippen LogP contribution is 2.02. The Balaban J connectivity index is 4.07. The van der Waals surface area contributed by atoms with E-state index in [1.54, 1.807) is 6.92 Å². The Kier molecular flexibility index (Phi) is 3.11. The maximum Gasteiger partial charge on any atom is 0.330 e. The van der Waals surface area contributed by atoms with Crippen LogP contribution in [0.1, 0.15) is 27.7 Å². The standard InChI is InChI=1S/C8H15NO2/c1-6(5-7(10)11)9-8(2,3)4/h5,9H,1-4H3,(H,10,11)/b6-5-. The van der Waals surface area contributed by atoms with Crippen LogP contribution in [0.3, 0.4) is 0 Å². The number of hydrogen-bond acceptors (Lipinski definition) is 2. The van der Waals surface area contributed by atoms with Crippen molar-refractivity contribution in [1.29, 1.82) is 0 Å². The van der Waals surface area contributed by atoms with Crippen LogP contribution in [0.5, 0.6) is 0 Å². The summed E-state index contributed by atoms with van der Waals surface area (Å²) in [7, 11) is 0. The molecule has 0 aliphatic carbocycles. The van der Waals surface area contributed by atoms with Gasteiger partial charge < -0.3 is 10.4 Å². The third-order valence-electron chi connectivity index (χ3n) is 0.912. The largest absolute Gasteiger partial charge is 0.478 e. The van der Waals surface area contributed by atoms with Crippen molar-refractivity contribution in [2.75, 3.05) is 0 Å². The van der Waals surface area contributed by atoms with E-state index >= 15 is 0 Å². The Morgan fingerprint density at radius 3 is 2.18 bits per heavy atom. The number of rotatable bonds is 2. The third-order valence-corrected chi connectivity index (χ3v) is 0.912. The molecule has 0 aromatic rings. The highest BCUT2D eigenvalue weighted by molar-refractivity contribution is 5.80. The minimum Gasteiger partial charge on any atom is -0.478 e. The van der Waals surface area contributed by atoms with Gasteiger partial charge in [-0.3, -0.25) is 0 Å². The number of nitrogens with one attached hydrogen (secondary N) is 1. The molecule has 11 heavy (non-hydrogen) atoms. The molecule has 3 heteroatoms. The fraction of sp³-hybridized carbons (Fsp3) is 0.625. The Bertz CT molecular complexity index is 177. The van der Waals surface area contributed by atoms with Crippen LogP contribution < -0.4 is 5.32 Å². The number of aliphatic carboxylic acids is 1. The Morgan fingerprint density at radius 2 is 1.91 bits per heavy atom. The Morgan fingerprint density at radius 1 is 1.45 bits per heavy atom. The zero-order chi connectivity index (χ0) is 9.07. The minimum absolute atomic E-state index is 0.0734. The first-order chi connectivity index (χ1) is 4.81. The SMILES string of the molecule is C/C(=C/C(=O)O)NC(C)(C)C. The highest BCUT2D eigenvalue weighted by atomic mass is 16.4. The number of carboxylic acids is 1. The van der Waals surface area contributed by atoms with Crippen molar-refractivity contribution >= 4 is 5.97 Å². The van der Waals surface area contributed by atoms with Crippen LogP contribution in [0.4, 0.5) is 0 Å². The molecule has 0 aliphatic heterocycles. The number of hydrogen-bond donors (Lipinski definition) is 2. The minimum atomic E-state index is -0.917. The summed E-state index contributed by atoms with van der Waals surface area (Å²) in [5, 5.41) is 11.4. The van der Waals surface area contributed by atoms with Gasteiger partial charge in [-0.25, -0.2) is 4.79 Å². The second kappa shape index (κ2) is 3.42. The van der Waals surface area contributed by atoms with Gasteiger partial charge in [0, 0.05) is 17.3 Å². The van der Waals surface area contributed by atoms with Gasteiger partial charge in [0.1, 0.15) is 0 Å². The second-order valence-electron chi connectivity index (χ2n) is 3.54. The summed E-state index contributed by atoms with van der Waals surface area (Å²) in [6.45, 7) is 7.67. The molecule has 0 fully saturated rings. The van der Waals surface area contributed by atoms with Crippen molar-refractivity contribution in [1.82, 2.24) is 5.32 Å². The van der Waals surface area contributed by atoms with Crippen molar-refractivity contribution in [3.8, 4) is 0 Å². The molecule has 0 rings (SSSR count). The summed E-state index contributed by atoms with van der Waals surface area (Å²) in [4.78, 5) is 10.2. The first-order valence-electron chi connectivity index (χ1n) is 3.51. The molecule has 0 heterocycles. The van der Waals surface area contributed by atoms with Gasteiger partial charge in [-0.05, 0) is 27.7 Å². The second-order valence-corrected chi connectivity index (χ2v) is 3.54. The molecule has 0 radical (unpaired) electrons. The van der Waals surface area contributed by atoms with Crippen molar-refractivity contribution < 1.29 is 9.90 Å². The van der Waals surface area contributed by atoms with Gasteiger partial charge >= 0.3 is 5.97 Å². The highest BCUT2D eigenvalue weighted by Gasteiger charge is 2.08. The maximum absolute atomic E-state index is 10.2. The van der Waals surface area contributed by atoms with Gasteiger partial charge in [0.2, 0.25) is 0 Å². The average molecular weight is 157 g/mol. The summed E-state index contributed by atoms with van der Waals surface area (Å²) in [6.07, 6.45) is 1.16. The predicted octanol–water partition coefficient (Wildman–Crippen LogP) is 1.36. The quantitative estimate of drug-likeness (QED) is 0.595. The maximum atomic E-state index is 10.2. The fourth-order valence-corrected chi connectivity index (χ4v) is 0.813. The predicted molar refractivity (Wildman–Crippen MR) is 44.3 cm³/mol. The first kappa shape index (κ1) is 10.0. The van der Waals surface area contributed by atoms with E-state index < -0.39 is 5.97 Å². The smallest absolute Gasteiger partial charge is 0.330 e. The zero-order valence-electron chi connectivity index (χ0n) is 7.43. The van der Waals surface area contributed by atoms with Crippen LogP contribution in [0, 0.1) is 0 Å². The monoisotopic (exact) mass is 157 g/mol. The molecule has 0 atom stereocenters. The summed E-state index contributed by atoms with van der Waals surface area (Å²) in [6, 6.07) is 0. The molecule has 0 aromatic heterocycles. The van der Waals surface area contributed by atoms with Crippen molar-refractivity contribution in [2.24, 2.45) is 0 Å². The summed E-state index contributed by atoms with van der Waals surface area (Å²) in [5.74, 6) is -0.917. The molecule has 0 saturated carbocycles. The number of allylic oxidation sites excluding steroid dienone is 1. The van der Waals surface area contributed by atoms with Gasteiger partial charge in [-0.2, -0.15) is 0 Å². The topological polar surface area (TPSA) is 49.3 Å². The van der Waals surface area contributed by atoms with Crippen LogP contribution in [0.25, 0.3) is 0 Å². The molecule has 0 saturated heterocycles.